The van der Waals surface area contributed by atoms with E-state index in [0.29, 0.717) is 12.6 Å². The highest BCUT2D eigenvalue weighted by Gasteiger charge is 2.09. The third-order valence-electron chi connectivity index (χ3n) is 3.30. The van der Waals surface area contributed by atoms with Crippen LogP contribution in [0.1, 0.15) is 44.2 Å². The van der Waals surface area contributed by atoms with Gasteiger partial charge in [-0.05, 0) is 45.5 Å². The van der Waals surface area contributed by atoms with E-state index in [1.807, 2.05) is 23.9 Å². The lowest BCUT2D eigenvalue weighted by Gasteiger charge is -2.13. The molecule has 0 fully saturated rings. The monoisotopic (exact) mass is 274 g/mol. The largest absolute Gasteiger partial charge is 0.486 e. The maximum atomic E-state index is 5.83. The van der Waals surface area contributed by atoms with E-state index in [0.717, 1.165) is 11.6 Å². The van der Waals surface area contributed by atoms with Crippen LogP contribution in [0.5, 0.6) is 5.75 Å². The van der Waals surface area contributed by atoms with Crippen molar-refractivity contribution >= 4 is 0 Å². The van der Waals surface area contributed by atoms with Gasteiger partial charge in [-0.1, -0.05) is 12.1 Å². The van der Waals surface area contributed by atoms with Crippen LogP contribution in [0.2, 0.25) is 0 Å². The minimum absolute atomic E-state index is 0.284. The molecule has 0 amide bonds. The van der Waals surface area contributed by atoms with Crippen LogP contribution >= 0.6 is 0 Å². The number of hydrogen-bond donors (Lipinski definition) is 1. The first kappa shape index (κ1) is 14.5. The van der Waals surface area contributed by atoms with Gasteiger partial charge in [-0.25, -0.2) is 9.67 Å². The molecule has 2 rings (SSSR count). The van der Waals surface area contributed by atoms with Gasteiger partial charge in [-0.3, -0.25) is 0 Å². The minimum Gasteiger partial charge on any atom is -0.486 e. The molecule has 0 aliphatic rings. The fourth-order valence-corrected chi connectivity index (χ4v) is 2.00. The van der Waals surface area contributed by atoms with E-state index in [1.54, 1.807) is 6.33 Å². The smallest absolute Gasteiger partial charge is 0.165 e. The predicted octanol–water partition coefficient (Wildman–Crippen LogP) is 2.72. The van der Waals surface area contributed by atoms with E-state index in [2.05, 4.69) is 48.3 Å². The highest BCUT2D eigenvalue weighted by atomic mass is 16.5. The molecule has 1 heterocycles. The van der Waals surface area contributed by atoms with Gasteiger partial charge in [0.1, 0.15) is 18.7 Å². The molecule has 20 heavy (non-hydrogen) atoms. The van der Waals surface area contributed by atoms with Crippen molar-refractivity contribution in [1.29, 1.82) is 0 Å². The Hall–Kier alpha value is -1.88. The summed E-state index contributed by atoms with van der Waals surface area (Å²) in [5.74, 6) is 1.69. The molecule has 1 aromatic carbocycles. The number of nitrogens with zero attached hydrogens (tertiary/aromatic N) is 3. The molecule has 1 N–H and O–H groups in total. The van der Waals surface area contributed by atoms with E-state index in [-0.39, 0.29) is 6.04 Å². The van der Waals surface area contributed by atoms with E-state index in [4.69, 9.17) is 4.74 Å². The Balaban J connectivity index is 2.05. The van der Waals surface area contributed by atoms with Crippen molar-refractivity contribution in [2.75, 3.05) is 7.05 Å². The van der Waals surface area contributed by atoms with Crippen LogP contribution in [0.3, 0.4) is 0 Å². The molecule has 1 aromatic heterocycles. The first-order valence-electron chi connectivity index (χ1n) is 6.90. The van der Waals surface area contributed by atoms with Crippen LogP contribution in [0.15, 0.2) is 30.6 Å². The van der Waals surface area contributed by atoms with Crippen molar-refractivity contribution in [2.24, 2.45) is 0 Å². The third kappa shape index (κ3) is 3.36. The van der Waals surface area contributed by atoms with Gasteiger partial charge in [0, 0.05) is 12.1 Å². The fourth-order valence-electron chi connectivity index (χ4n) is 2.00. The summed E-state index contributed by atoms with van der Waals surface area (Å²) in [6.07, 6.45) is 1.57. The number of aromatic nitrogens is 3. The molecule has 1 unspecified atom stereocenters. The van der Waals surface area contributed by atoms with Gasteiger partial charge in [-0.15, -0.1) is 0 Å². The summed E-state index contributed by atoms with van der Waals surface area (Å²) >= 11 is 0. The maximum absolute atomic E-state index is 5.83. The lowest BCUT2D eigenvalue weighted by atomic mass is 10.1. The van der Waals surface area contributed by atoms with Crippen molar-refractivity contribution in [3.8, 4) is 5.75 Å². The van der Waals surface area contributed by atoms with Crippen LogP contribution in [-0.4, -0.2) is 21.8 Å². The molecule has 0 spiro atoms. The van der Waals surface area contributed by atoms with Gasteiger partial charge in [0.25, 0.3) is 0 Å². The number of rotatable bonds is 6. The third-order valence-corrected chi connectivity index (χ3v) is 3.30. The molecule has 0 aliphatic carbocycles. The number of hydrogen-bond acceptors (Lipinski definition) is 4. The summed E-state index contributed by atoms with van der Waals surface area (Å²) < 4.78 is 7.70. The second-order valence-corrected chi connectivity index (χ2v) is 5.09. The predicted molar refractivity (Wildman–Crippen MR) is 78.7 cm³/mol. The van der Waals surface area contributed by atoms with Gasteiger partial charge < -0.3 is 10.1 Å². The van der Waals surface area contributed by atoms with Crippen molar-refractivity contribution in [3.63, 3.8) is 0 Å². The number of ether oxygens (including phenoxy) is 1. The Kier molecular flexibility index (Phi) is 4.74. The summed E-state index contributed by atoms with van der Waals surface area (Å²) in [6.45, 7) is 6.70. The van der Waals surface area contributed by atoms with E-state index >= 15 is 0 Å². The molecule has 0 saturated heterocycles. The Bertz CT molecular complexity index is 550. The standard InChI is InChI=1S/C15H22N4O/c1-11(2)19-15(17-10-18-19)9-20-14-7-5-6-13(8-14)12(3)16-4/h5-8,10-12,16H,9H2,1-4H3. The fraction of sp³-hybridized carbons (Fsp3) is 0.467. The molecular formula is C15H22N4O. The highest BCUT2D eigenvalue weighted by molar-refractivity contribution is 5.30. The second-order valence-electron chi connectivity index (χ2n) is 5.09. The summed E-state index contributed by atoms with van der Waals surface area (Å²) in [5.41, 5.74) is 1.20. The summed E-state index contributed by atoms with van der Waals surface area (Å²) in [7, 11) is 1.95. The summed E-state index contributed by atoms with van der Waals surface area (Å²) in [5, 5.41) is 7.42. The van der Waals surface area contributed by atoms with E-state index in [1.165, 1.54) is 5.56 Å². The quantitative estimate of drug-likeness (QED) is 0.880. The van der Waals surface area contributed by atoms with Gasteiger partial charge in [-0.2, -0.15) is 5.10 Å². The molecule has 5 nitrogen and oxygen atoms in total. The molecule has 0 saturated carbocycles. The van der Waals surface area contributed by atoms with Crippen LogP contribution in [-0.2, 0) is 6.61 Å². The molecule has 0 bridgehead atoms. The molecule has 1 atom stereocenters. The molecule has 5 heteroatoms. The first-order valence-corrected chi connectivity index (χ1v) is 6.90. The first-order chi connectivity index (χ1) is 9.61. The van der Waals surface area contributed by atoms with Crippen LogP contribution < -0.4 is 10.1 Å². The summed E-state index contributed by atoms with van der Waals surface area (Å²) in [4.78, 5) is 4.24. The zero-order chi connectivity index (χ0) is 14.5. The lowest BCUT2D eigenvalue weighted by molar-refractivity contribution is 0.282. The number of nitrogens with one attached hydrogen (secondary N) is 1. The Morgan fingerprint density at radius 2 is 2.10 bits per heavy atom. The van der Waals surface area contributed by atoms with Gasteiger partial charge in [0.15, 0.2) is 5.82 Å². The zero-order valence-corrected chi connectivity index (χ0v) is 12.5. The normalized spacial score (nSPS) is 12.7. The molecule has 2 aromatic rings. The Morgan fingerprint density at radius 3 is 2.80 bits per heavy atom. The summed E-state index contributed by atoms with van der Waals surface area (Å²) in [6, 6.07) is 8.69. The van der Waals surface area contributed by atoms with Gasteiger partial charge >= 0.3 is 0 Å². The average Bonchev–Trinajstić information content (AvgIpc) is 2.93. The second kappa shape index (κ2) is 6.52. The van der Waals surface area contributed by atoms with Gasteiger partial charge in [0.05, 0.1) is 0 Å². The van der Waals surface area contributed by atoms with Crippen LogP contribution in [0.4, 0.5) is 0 Å². The Labute approximate surface area is 120 Å². The highest BCUT2D eigenvalue weighted by Crippen LogP contribution is 2.19. The van der Waals surface area contributed by atoms with Crippen molar-refractivity contribution in [1.82, 2.24) is 20.1 Å². The average molecular weight is 274 g/mol. The SMILES string of the molecule is CNC(C)c1cccc(OCc2ncnn2C(C)C)c1. The van der Waals surface area contributed by atoms with Gasteiger partial charge in [0.2, 0.25) is 0 Å². The van der Waals surface area contributed by atoms with Crippen LogP contribution in [0, 0.1) is 0 Å². The van der Waals surface area contributed by atoms with Crippen molar-refractivity contribution in [3.05, 3.63) is 42.0 Å². The Morgan fingerprint density at radius 1 is 1.30 bits per heavy atom. The lowest BCUT2D eigenvalue weighted by Crippen LogP contribution is -2.13. The maximum Gasteiger partial charge on any atom is 0.165 e. The zero-order valence-electron chi connectivity index (χ0n) is 12.5. The minimum atomic E-state index is 0.284. The number of benzene rings is 1. The van der Waals surface area contributed by atoms with Crippen molar-refractivity contribution in [2.45, 2.75) is 39.5 Å². The van der Waals surface area contributed by atoms with E-state index < -0.39 is 0 Å². The topological polar surface area (TPSA) is 52.0 Å². The molecule has 108 valence electrons. The van der Waals surface area contributed by atoms with Crippen molar-refractivity contribution < 1.29 is 4.74 Å². The molecule has 0 aliphatic heterocycles. The molecular weight excluding hydrogens is 252 g/mol. The van der Waals surface area contributed by atoms with Crippen LogP contribution in [0.25, 0.3) is 0 Å². The van der Waals surface area contributed by atoms with E-state index in [9.17, 15) is 0 Å². The molecule has 0 radical (unpaired) electrons.